The monoisotopic (exact) mass is 124 g/mol. The zero-order chi connectivity index (χ0) is 6.69. The van der Waals surface area contributed by atoms with Gasteiger partial charge in [-0.2, -0.15) is 0 Å². The summed E-state index contributed by atoms with van der Waals surface area (Å²) in [4.78, 5) is 11.5. The molecule has 1 heterocycles. The van der Waals surface area contributed by atoms with Crippen molar-refractivity contribution < 1.29 is 0 Å². The number of aryl methyl sites for hydroxylation is 1. The minimum absolute atomic E-state index is 0.685. The van der Waals surface area contributed by atoms with Crippen LogP contribution in [-0.4, -0.2) is 21.6 Å². The van der Waals surface area contributed by atoms with Gasteiger partial charge in [-0.3, -0.25) is 4.99 Å². The Morgan fingerprint density at radius 2 is 2.44 bits per heavy atom. The zero-order valence-electron chi connectivity index (χ0n) is 5.44. The van der Waals surface area contributed by atoms with E-state index in [9.17, 15) is 0 Å². The highest BCUT2D eigenvalue weighted by molar-refractivity contribution is 4.60. The molecule has 0 unspecified atom stereocenters. The number of hydrogen-bond donors (Lipinski definition) is 0. The second-order valence-electron chi connectivity index (χ2n) is 1.64. The molecule has 0 bridgehead atoms. The highest BCUT2D eigenvalue weighted by atomic mass is 15.1. The lowest BCUT2D eigenvalue weighted by atomic mass is 10.9. The Labute approximate surface area is 52.9 Å². The van der Waals surface area contributed by atoms with Crippen molar-refractivity contribution in [3.8, 4) is 0 Å². The summed E-state index contributed by atoms with van der Waals surface area (Å²) in [6, 6.07) is 0. The number of rotatable bonds is 0. The first-order valence-corrected chi connectivity index (χ1v) is 2.60. The van der Waals surface area contributed by atoms with Crippen LogP contribution < -0.4 is 5.62 Å². The quantitative estimate of drug-likeness (QED) is 0.461. The molecule has 0 aromatic carbocycles. The number of aromatic nitrogens is 3. The normalized spacial score (nSPS) is 12.0. The van der Waals surface area contributed by atoms with E-state index in [1.165, 1.54) is 6.33 Å². The van der Waals surface area contributed by atoms with Gasteiger partial charge in [0.05, 0.1) is 6.33 Å². The lowest BCUT2D eigenvalue weighted by Gasteiger charge is -1.92. The van der Waals surface area contributed by atoms with Crippen molar-refractivity contribution in [2.75, 3.05) is 7.05 Å². The lowest BCUT2D eigenvalue weighted by Crippen LogP contribution is -2.20. The Bertz CT molecular complexity index is 249. The molecule has 0 saturated carbocycles. The van der Waals surface area contributed by atoms with Gasteiger partial charge in [0.25, 0.3) is 0 Å². The van der Waals surface area contributed by atoms with Crippen LogP contribution in [0.5, 0.6) is 0 Å². The van der Waals surface area contributed by atoms with E-state index in [1.807, 2.05) is 7.05 Å². The maximum absolute atomic E-state index is 3.88. The van der Waals surface area contributed by atoms with Gasteiger partial charge >= 0.3 is 0 Å². The van der Waals surface area contributed by atoms with Gasteiger partial charge < -0.3 is 4.57 Å². The van der Waals surface area contributed by atoms with E-state index in [4.69, 9.17) is 0 Å². The summed E-state index contributed by atoms with van der Waals surface area (Å²) in [6.45, 7) is 0. The van der Waals surface area contributed by atoms with E-state index in [0.717, 1.165) is 0 Å². The average Bonchev–Trinajstić information content (AvgIpc) is 1.89. The molecule has 0 aliphatic carbocycles. The van der Waals surface area contributed by atoms with Gasteiger partial charge in [0.15, 0.2) is 0 Å². The molecule has 4 heteroatoms. The van der Waals surface area contributed by atoms with Gasteiger partial charge in [-0.25, -0.2) is 9.97 Å². The molecule has 0 amide bonds. The SMILES string of the molecule is C/N=c1/ncncn1C. The maximum atomic E-state index is 3.88. The molecule has 1 aromatic rings. The van der Waals surface area contributed by atoms with Gasteiger partial charge in [-0.15, -0.1) is 0 Å². The predicted molar refractivity (Wildman–Crippen MR) is 32.5 cm³/mol. The summed E-state index contributed by atoms with van der Waals surface area (Å²) in [5.41, 5.74) is 0.685. The molecule has 0 spiro atoms. The third kappa shape index (κ3) is 1.13. The second kappa shape index (κ2) is 2.39. The molecule has 1 aromatic heterocycles. The van der Waals surface area contributed by atoms with Crippen LogP contribution in [0.1, 0.15) is 0 Å². The third-order valence-electron chi connectivity index (χ3n) is 0.995. The first-order valence-electron chi connectivity index (χ1n) is 2.60. The summed E-state index contributed by atoms with van der Waals surface area (Å²) < 4.78 is 1.75. The molecule has 0 fully saturated rings. The van der Waals surface area contributed by atoms with Crippen molar-refractivity contribution in [1.29, 1.82) is 0 Å². The van der Waals surface area contributed by atoms with Crippen LogP contribution in [0, 0.1) is 0 Å². The van der Waals surface area contributed by atoms with Crippen LogP contribution in [0.3, 0.4) is 0 Å². The summed E-state index contributed by atoms with van der Waals surface area (Å²) in [6.07, 6.45) is 3.14. The third-order valence-corrected chi connectivity index (χ3v) is 0.995. The van der Waals surface area contributed by atoms with E-state index < -0.39 is 0 Å². The highest BCUT2D eigenvalue weighted by Crippen LogP contribution is 1.62. The van der Waals surface area contributed by atoms with E-state index in [2.05, 4.69) is 15.0 Å². The van der Waals surface area contributed by atoms with Crippen LogP contribution in [-0.2, 0) is 7.05 Å². The highest BCUT2D eigenvalue weighted by Gasteiger charge is 1.80. The maximum Gasteiger partial charge on any atom is 0.226 e. The zero-order valence-corrected chi connectivity index (χ0v) is 5.44. The van der Waals surface area contributed by atoms with Gasteiger partial charge in [0, 0.05) is 14.1 Å². The smallest absolute Gasteiger partial charge is 0.226 e. The number of nitrogens with zero attached hydrogens (tertiary/aromatic N) is 4. The molecule has 4 nitrogen and oxygen atoms in total. The van der Waals surface area contributed by atoms with E-state index in [-0.39, 0.29) is 0 Å². The van der Waals surface area contributed by atoms with Gasteiger partial charge in [-0.05, 0) is 0 Å². The second-order valence-corrected chi connectivity index (χ2v) is 1.64. The van der Waals surface area contributed by atoms with Crippen LogP contribution in [0.2, 0.25) is 0 Å². The van der Waals surface area contributed by atoms with Crippen molar-refractivity contribution in [1.82, 2.24) is 14.5 Å². The Kier molecular flexibility index (Phi) is 1.58. The molecule has 0 N–H and O–H groups in total. The largest absolute Gasteiger partial charge is 0.304 e. The lowest BCUT2D eigenvalue weighted by molar-refractivity contribution is 0.740. The Morgan fingerprint density at radius 3 is 2.89 bits per heavy atom. The molecule has 48 valence electrons. The Balaban J connectivity index is 3.33. The molecule has 0 radical (unpaired) electrons. The van der Waals surface area contributed by atoms with Crippen LogP contribution >= 0.6 is 0 Å². The summed E-state index contributed by atoms with van der Waals surface area (Å²) in [5.74, 6) is 0. The topological polar surface area (TPSA) is 43.1 Å². The van der Waals surface area contributed by atoms with E-state index in [0.29, 0.717) is 5.62 Å². The molecular formula is C5H8N4. The predicted octanol–water partition coefficient (Wildman–Crippen LogP) is -0.654. The van der Waals surface area contributed by atoms with Gasteiger partial charge in [-0.1, -0.05) is 0 Å². The first kappa shape index (κ1) is 5.94. The molecule has 0 saturated heterocycles. The van der Waals surface area contributed by atoms with Crippen molar-refractivity contribution in [3.05, 3.63) is 18.3 Å². The molecular weight excluding hydrogens is 116 g/mol. The van der Waals surface area contributed by atoms with Gasteiger partial charge in [0.1, 0.15) is 6.33 Å². The molecule has 0 aliphatic rings. The van der Waals surface area contributed by atoms with Gasteiger partial charge in [0.2, 0.25) is 5.62 Å². The van der Waals surface area contributed by atoms with E-state index >= 15 is 0 Å². The fourth-order valence-corrected chi connectivity index (χ4v) is 0.573. The van der Waals surface area contributed by atoms with Crippen molar-refractivity contribution in [3.63, 3.8) is 0 Å². The Hall–Kier alpha value is -1.19. The minimum Gasteiger partial charge on any atom is -0.304 e. The molecule has 0 atom stereocenters. The fourth-order valence-electron chi connectivity index (χ4n) is 0.573. The van der Waals surface area contributed by atoms with Crippen molar-refractivity contribution in [2.45, 2.75) is 0 Å². The van der Waals surface area contributed by atoms with Crippen LogP contribution in [0.15, 0.2) is 17.6 Å². The summed E-state index contributed by atoms with van der Waals surface area (Å²) >= 11 is 0. The molecule has 9 heavy (non-hydrogen) atoms. The van der Waals surface area contributed by atoms with Crippen LogP contribution in [0.25, 0.3) is 0 Å². The minimum atomic E-state index is 0.685. The summed E-state index contributed by atoms with van der Waals surface area (Å²) in [5, 5.41) is 0. The number of hydrogen-bond acceptors (Lipinski definition) is 3. The molecule has 1 rings (SSSR count). The van der Waals surface area contributed by atoms with Crippen molar-refractivity contribution in [2.24, 2.45) is 12.0 Å². The standard InChI is InChI=1S/C5H8N4/c1-6-5-8-3-7-4-9(5)2/h3-4H,1-2H3/b6-5-. The summed E-state index contributed by atoms with van der Waals surface area (Å²) in [7, 11) is 3.55. The van der Waals surface area contributed by atoms with E-state index in [1.54, 1.807) is 17.9 Å². The molecule has 0 aliphatic heterocycles. The first-order chi connectivity index (χ1) is 4.34. The average molecular weight is 124 g/mol. The van der Waals surface area contributed by atoms with Crippen LogP contribution in [0.4, 0.5) is 0 Å². The van der Waals surface area contributed by atoms with Crippen molar-refractivity contribution >= 4 is 0 Å². The fraction of sp³-hybridized carbons (Fsp3) is 0.400. The Morgan fingerprint density at radius 1 is 1.67 bits per heavy atom.